The zero-order valence-electron chi connectivity index (χ0n) is 22.7. The van der Waals surface area contributed by atoms with Gasteiger partial charge in [-0.1, -0.05) is 78.3 Å². The van der Waals surface area contributed by atoms with Gasteiger partial charge < -0.3 is 19.7 Å². The molecule has 0 radical (unpaired) electrons. The van der Waals surface area contributed by atoms with E-state index in [4.69, 9.17) is 21.1 Å². The molecule has 206 valence electrons. The topological polar surface area (TPSA) is 67.9 Å². The molecule has 40 heavy (non-hydrogen) atoms. The summed E-state index contributed by atoms with van der Waals surface area (Å²) < 4.78 is 10.5. The van der Waals surface area contributed by atoms with Crippen molar-refractivity contribution in [2.45, 2.75) is 32.0 Å². The SMILES string of the molecule is COc1ccc(CNC(=O)C(Cc2ccccc2)N(Cc2ccc(OC)cc2)C(=O)Cc2ccc(Cl)cc2)cc1. The van der Waals surface area contributed by atoms with E-state index < -0.39 is 6.04 Å². The minimum atomic E-state index is -0.734. The van der Waals surface area contributed by atoms with Gasteiger partial charge in [-0.15, -0.1) is 0 Å². The van der Waals surface area contributed by atoms with Crippen molar-refractivity contribution in [3.8, 4) is 11.5 Å². The van der Waals surface area contributed by atoms with Crippen LogP contribution in [-0.4, -0.2) is 37.0 Å². The predicted octanol–water partition coefficient (Wildman–Crippen LogP) is 5.86. The molecule has 4 aromatic rings. The number of hydrogen-bond donors (Lipinski definition) is 1. The molecular weight excluding hydrogens is 524 g/mol. The third-order valence-electron chi connectivity index (χ3n) is 6.68. The van der Waals surface area contributed by atoms with Crippen molar-refractivity contribution in [1.29, 1.82) is 0 Å². The van der Waals surface area contributed by atoms with Crippen molar-refractivity contribution < 1.29 is 19.1 Å². The van der Waals surface area contributed by atoms with Gasteiger partial charge in [-0.2, -0.15) is 0 Å². The maximum atomic E-state index is 13.9. The van der Waals surface area contributed by atoms with Gasteiger partial charge in [0.05, 0.1) is 20.6 Å². The highest BCUT2D eigenvalue weighted by atomic mass is 35.5. The maximum absolute atomic E-state index is 13.9. The van der Waals surface area contributed by atoms with E-state index in [1.807, 2.05) is 91.0 Å². The summed E-state index contributed by atoms with van der Waals surface area (Å²) in [6.07, 6.45) is 0.516. The standard InChI is InChI=1S/C33H33ClN2O4/c1-39-29-16-10-26(11-17-29)22-35-33(38)31(20-24-6-4-3-5-7-24)36(23-27-12-18-30(40-2)19-13-27)32(37)21-25-8-14-28(34)15-9-25/h3-19,31H,20-23H2,1-2H3,(H,35,38). The van der Waals surface area contributed by atoms with Gasteiger partial charge in [0.1, 0.15) is 17.5 Å². The lowest BCUT2D eigenvalue weighted by Crippen LogP contribution is -2.50. The van der Waals surface area contributed by atoms with Crippen molar-refractivity contribution in [1.82, 2.24) is 10.2 Å². The molecule has 1 unspecified atom stereocenters. The van der Waals surface area contributed by atoms with E-state index in [0.717, 1.165) is 33.8 Å². The van der Waals surface area contributed by atoms with Gasteiger partial charge in [0.25, 0.3) is 0 Å². The van der Waals surface area contributed by atoms with E-state index in [0.29, 0.717) is 18.0 Å². The molecule has 0 aromatic heterocycles. The van der Waals surface area contributed by atoms with E-state index in [1.165, 1.54) is 0 Å². The smallest absolute Gasteiger partial charge is 0.243 e. The van der Waals surface area contributed by atoms with E-state index in [-0.39, 0.29) is 24.8 Å². The number of rotatable bonds is 12. The van der Waals surface area contributed by atoms with Crippen LogP contribution in [0.5, 0.6) is 11.5 Å². The van der Waals surface area contributed by atoms with Crippen molar-refractivity contribution in [3.63, 3.8) is 0 Å². The Morgan fingerprint density at radius 3 is 1.85 bits per heavy atom. The number of methoxy groups -OCH3 is 2. The van der Waals surface area contributed by atoms with Crippen LogP contribution < -0.4 is 14.8 Å². The van der Waals surface area contributed by atoms with Crippen molar-refractivity contribution >= 4 is 23.4 Å². The van der Waals surface area contributed by atoms with Crippen LogP contribution >= 0.6 is 11.6 Å². The fourth-order valence-electron chi connectivity index (χ4n) is 4.41. The number of carbonyl (C=O) groups is 2. The van der Waals surface area contributed by atoms with E-state index in [1.54, 1.807) is 31.3 Å². The highest BCUT2D eigenvalue weighted by Crippen LogP contribution is 2.20. The van der Waals surface area contributed by atoms with Gasteiger partial charge in [-0.05, 0) is 58.7 Å². The molecule has 6 nitrogen and oxygen atoms in total. The number of halogens is 1. The van der Waals surface area contributed by atoms with E-state index in [9.17, 15) is 9.59 Å². The van der Waals surface area contributed by atoms with Gasteiger partial charge in [0.15, 0.2) is 0 Å². The molecule has 0 aliphatic carbocycles. The number of amides is 2. The monoisotopic (exact) mass is 556 g/mol. The highest BCUT2D eigenvalue weighted by Gasteiger charge is 2.30. The van der Waals surface area contributed by atoms with Crippen LogP contribution in [0.3, 0.4) is 0 Å². The minimum absolute atomic E-state index is 0.143. The zero-order chi connectivity index (χ0) is 28.3. The van der Waals surface area contributed by atoms with Crippen LogP contribution in [0.25, 0.3) is 0 Å². The van der Waals surface area contributed by atoms with Crippen LogP contribution in [0.1, 0.15) is 22.3 Å². The molecular formula is C33H33ClN2O4. The first kappa shape index (κ1) is 28.7. The first-order valence-corrected chi connectivity index (χ1v) is 13.4. The van der Waals surface area contributed by atoms with Gasteiger partial charge in [-0.3, -0.25) is 9.59 Å². The lowest BCUT2D eigenvalue weighted by molar-refractivity contribution is -0.140. The summed E-state index contributed by atoms with van der Waals surface area (Å²) in [5.74, 6) is 1.09. The predicted molar refractivity (Wildman–Crippen MR) is 157 cm³/mol. The lowest BCUT2D eigenvalue weighted by Gasteiger charge is -2.32. The summed E-state index contributed by atoms with van der Waals surface area (Å²) >= 11 is 6.06. The van der Waals surface area contributed by atoms with Gasteiger partial charge in [0.2, 0.25) is 11.8 Å². The molecule has 4 rings (SSSR count). The molecule has 7 heteroatoms. The molecule has 1 N–H and O–H groups in total. The summed E-state index contributed by atoms with van der Waals surface area (Å²) in [5.41, 5.74) is 3.62. The number of benzene rings is 4. The van der Waals surface area contributed by atoms with Gasteiger partial charge in [-0.25, -0.2) is 0 Å². The Kier molecular flexibility index (Phi) is 10.2. The average molecular weight is 557 g/mol. The number of ether oxygens (including phenoxy) is 2. The van der Waals surface area contributed by atoms with Crippen LogP contribution in [0, 0.1) is 0 Å². The fourth-order valence-corrected chi connectivity index (χ4v) is 4.54. The van der Waals surface area contributed by atoms with Crippen molar-refractivity contribution in [3.05, 3.63) is 130 Å². The Balaban J connectivity index is 1.63. The summed E-state index contributed by atoms with van der Waals surface area (Å²) in [5, 5.41) is 3.66. The average Bonchev–Trinajstić information content (AvgIpc) is 3.00. The molecule has 0 fully saturated rings. The molecule has 1 atom stereocenters. The number of hydrogen-bond acceptors (Lipinski definition) is 4. The van der Waals surface area contributed by atoms with Crippen molar-refractivity contribution in [2.24, 2.45) is 0 Å². The number of nitrogens with one attached hydrogen (secondary N) is 1. The second kappa shape index (κ2) is 14.2. The van der Waals surface area contributed by atoms with Crippen LogP contribution in [0.15, 0.2) is 103 Å². The second-order valence-electron chi connectivity index (χ2n) is 9.44. The first-order chi connectivity index (χ1) is 19.4. The molecule has 4 aromatic carbocycles. The Morgan fingerprint density at radius 1 is 0.725 bits per heavy atom. The summed E-state index contributed by atoms with van der Waals surface area (Å²) in [7, 11) is 3.23. The second-order valence-corrected chi connectivity index (χ2v) is 9.88. The summed E-state index contributed by atoms with van der Waals surface area (Å²) in [4.78, 5) is 29.4. The summed E-state index contributed by atoms with van der Waals surface area (Å²) in [6, 6.07) is 31.3. The van der Waals surface area contributed by atoms with Crippen LogP contribution in [0.4, 0.5) is 0 Å². The molecule has 0 bridgehead atoms. The third-order valence-corrected chi connectivity index (χ3v) is 6.93. The van der Waals surface area contributed by atoms with Crippen LogP contribution in [0.2, 0.25) is 5.02 Å². The third kappa shape index (κ3) is 8.10. The largest absolute Gasteiger partial charge is 0.497 e. The fraction of sp³-hybridized carbons (Fsp3) is 0.212. The molecule has 0 aliphatic rings. The molecule has 0 aliphatic heterocycles. The molecule has 2 amide bonds. The Morgan fingerprint density at radius 2 is 1.27 bits per heavy atom. The normalized spacial score (nSPS) is 11.4. The number of carbonyl (C=O) groups excluding carboxylic acids is 2. The van der Waals surface area contributed by atoms with E-state index >= 15 is 0 Å². The zero-order valence-corrected chi connectivity index (χ0v) is 23.4. The highest BCUT2D eigenvalue weighted by molar-refractivity contribution is 6.30. The molecule has 0 saturated carbocycles. The Bertz CT molecular complexity index is 1380. The van der Waals surface area contributed by atoms with Gasteiger partial charge >= 0.3 is 0 Å². The van der Waals surface area contributed by atoms with Crippen LogP contribution in [-0.2, 0) is 35.5 Å². The summed E-state index contributed by atoms with van der Waals surface area (Å²) in [6.45, 7) is 0.597. The lowest BCUT2D eigenvalue weighted by atomic mass is 10.0. The van der Waals surface area contributed by atoms with Crippen molar-refractivity contribution in [2.75, 3.05) is 14.2 Å². The molecule has 0 spiro atoms. The Labute approximate surface area is 240 Å². The molecule has 0 saturated heterocycles. The van der Waals surface area contributed by atoms with E-state index in [2.05, 4.69) is 5.32 Å². The quantitative estimate of drug-likeness (QED) is 0.237. The Hall–Kier alpha value is -4.29. The molecule has 0 heterocycles. The minimum Gasteiger partial charge on any atom is -0.497 e. The van der Waals surface area contributed by atoms with Gasteiger partial charge in [0, 0.05) is 24.5 Å². The maximum Gasteiger partial charge on any atom is 0.243 e. The first-order valence-electron chi connectivity index (χ1n) is 13.1. The number of nitrogens with zero attached hydrogens (tertiary/aromatic N) is 1.